The van der Waals surface area contributed by atoms with E-state index >= 15 is 0 Å². The Labute approximate surface area is 229 Å². The van der Waals surface area contributed by atoms with Crippen LogP contribution in [-0.4, -0.2) is 40.4 Å². The molecule has 0 unspecified atom stereocenters. The summed E-state index contributed by atoms with van der Waals surface area (Å²) in [4.78, 5) is 29.2. The van der Waals surface area contributed by atoms with E-state index in [0.717, 1.165) is 32.9 Å². The van der Waals surface area contributed by atoms with E-state index in [1.54, 1.807) is 33.1 Å². The highest BCUT2D eigenvalue weighted by Crippen LogP contribution is 2.49. The third kappa shape index (κ3) is 5.26. The zero-order valence-corrected chi connectivity index (χ0v) is 23.1. The second-order valence-corrected chi connectivity index (χ2v) is 11.7. The number of hydrogen-bond acceptors (Lipinski definition) is 5. The molecule has 0 radical (unpaired) electrons. The third-order valence-corrected chi connectivity index (χ3v) is 8.50. The average Bonchev–Trinajstić information content (AvgIpc) is 3.53. The molecular weight excluding hydrogens is 519 g/mol. The van der Waals surface area contributed by atoms with Gasteiger partial charge in [-0.15, -0.1) is 23.1 Å². The zero-order valence-electron chi connectivity index (χ0n) is 21.5. The Balaban J connectivity index is 1.75. The number of nitrogens with zero attached hydrogens (tertiary/aromatic N) is 3. The van der Waals surface area contributed by atoms with Crippen LogP contribution in [0.1, 0.15) is 35.8 Å². The number of carbonyl (C=O) groups excluding carboxylic acids is 2. The topological polar surface area (TPSA) is 67.2 Å². The quantitative estimate of drug-likeness (QED) is 0.308. The van der Waals surface area contributed by atoms with Gasteiger partial charge in [0.25, 0.3) is 0 Å². The Morgan fingerprint density at radius 3 is 2.58 bits per heavy atom. The number of thiophene rings is 1. The number of carbonyl (C=O) groups is 2. The molecule has 1 N–H and O–H groups in total. The monoisotopic (exact) mass is 548 g/mol. The highest BCUT2D eigenvalue weighted by atomic mass is 32.2. The molecule has 3 heterocycles. The van der Waals surface area contributed by atoms with Crippen LogP contribution in [0, 0.1) is 18.7 Å². The summed E-state index contributed by atoms with van der Waals surface area (Å²) in [6.07, 6.45) is 0. The number of hydrogen-bond donors (Lipinski definition) is 1. The minimum atomic E-state index is -0.318. The van der Waals surface area contributed by atoms with Crippen LogP contribution < -0.4 is 10.2 Å². The molecule has 2 aromatic carbocycles. The van der Waals surface area contributed by atoms with Crippen molar-refractivity contribution < 1.29 is 14.0 Å². The molecule has 1 aliphatic rings. The molecule has 196 valence electrons. The normalized spacial score (nSPS) is 15.4. The van der Waals surface area contributed by atoms with Crippen LogP contribution >= 0.6 is 23.1 Å². The number of nitrogens with one attached hydrogen (secondary N) is 1. The van der Waals surface area contributed by atoms with Crippen LogP contribution in [0.25, 0.3) is 16.3 Å². The molecule has 0 spiro atoms. The van der Waals surface area contributed by atoms with Crippen molar-refractivity contribution in [2.24, 2.45) is 5.92 Å². The number of rotatable bonds is 7. The van der Waals surface area contributed by atoms with E-state index in [2.05, 4.69) is 5.32 Å². The number of aryl methyl sites for hydroxylation is 1. The Morgan fingerprint density at radius 2 is 1.89 bits per heavy atom. The van der Waals surface area contributed by atoms with E-state index in [0.29, 0.717) is 12.4 Å². The summed E-state index contributed by atoms with van der Waals surface area (Å²) in [6.45, 7) is 6.47. The van der Waals surface area contributed by atoms with Crippen LogP contribution in [-0.2, 0) is 9.59 Å². The first-order chi connectivity index (χ1) is 18.3. The van der Waals surface area contributed by atoms with Crippen molar-refractivity contribution in [1.82, 2.24) is 15.1 Å². The van der Waals surface area contributed by atoms with E-state index in [1.165, 1.54) is 23.9 Å². The minimum Gasteiger partial charge on any atom is -0.354 e. The number of anilines is 1. The summed E-state index contributed by atoms with van der Waals surface area (Å²) in [7, 11) is 0. The highest BCUT2D eigenvalue weighted by Gasteiger charge is 2.38. The van der Waals surface area contributed by atoms with Gasteiger partial charge in [0, 0.05) is 12.1 Å². The molecule has 1 atom stereocenters. The van der Waals surface area contributed by atoms with Gasteiger partial charge in [-0.25, -0.2) is 9.07 Å². The molecule has 0 saturated carbocycles. The zero-order chi connectivity index (χ0) is 26.8. The molecule has 5 rings (SSSR count). The molecule has 0 fully saturated rings. The summed E-state index contributed by atoms with van der Waals surface area (Å²) in [5, 5.41) is 9.74. The molecule has 2 aromatic heterocycles. The maximum absolute atomic E-state index is 13.9. The lowest BCUT2D eigenvalue weighted by Gasteiger charge is -2.24. The third-order valence-electron chi connectivity index (χ3n) is 6.37. The number of aromatic nitrogens is 2. The molecule has 0 aliphatic carbocycles. The first kappa shape index (κ1) is 26.2. The van der Waals surface area contributed by atoms with Crippen molar-refractivity contribution in [2.45, 2.75) is 26.0 Å². The van der Waals surface area contributed by atoms with Crippen LogP contribution in [0.5, 0.6) is 0 Å². The van der Waals surface area contributed by atoms with Crippen molar-refractivity contribution in [1.29, 1.82) is 0 Å². The lowest BCUT2D eigenvalue weighted by Crippen LogP contribution is -2.43. The van der Waals surface area contributed by atoms with Crippen molar-refractivity contribution in [3.8, 4) is 16.3 Å². The van der Waals surface area contributed by atoms with Crippen LogP contribution in [0.4, 0.5) is 10.2 Å². The van der Waals surface area contributed by atoms with Gasteiger partial charge < -0.3 is 5.32 Å². The summed E-state index contributed by atoms with van der Waals surface area (Å²) in [6, 6.07) is 18.2. The molecular formula is C29H29FN4O2S2. The second kappa shape index (κ2) is 11.1. The molecule has 6 nitrogen and oxygen atoms in total. The van der Waals surface area contributed by atoms with Gasteiger partial charge in [0.1, 0.15) is 23.9 Å². The van der Waals surface area contributed by atoms with Gasteiger partial charge in [0.2, 0.25) is 11.8 Å². The van der Waals surface area contributed by atoms with Crippen LogP contribution in [0.3, 0.4) is 0 Å². The lowest BCUT2D eigenvalue weighted by atomic mass is 10.0. The van der Waals surface area contributed by atoms with Gasteiger partial charge in [-0.1, -0.05) is 50.2 Å². The predicted molar refractivity (Wildman–Crippen MR) is 153 cm³/mol. The maximum atomic E-state index is 13.9. The van der Waals surface area contributed by atoms with Gasteiger partial charge in [0.15, 0.2) is 0 Å². The van der Waals surface area contributed by atoms with Crippen LogP contribution in [0.15, 0.2) is 66.0 Å². The molecule has 9 heteroatoms. The molecule has 1 aliphatic heterocycles. The molecule has 2 amide bonds. The van der Waals surface area contributed by atoms with Crippen LogP contribution in [0.2, 0.25) is 0 Å². The van der Waals surface area contributed by atoms with Crippen molar-refractivity contribution in [2.75, 3.05) is 23.7 Å². The first-order valence-corrected chi connectivity index (χ1v) is 14.4. The van der Waals surface area contributed by atoms with Gasteiger partial charge in [-0.05, 0) is 53.6 Å². The van der Waals surface area contributed by atoms with Gasteiger partial charge in [0.05, 0.1) is 21.6 Å². The maximum Gasteiger partial charge on any atom is 0.240 e. The SMILES string of the molecule is Cc1ccccc1-n1nc(-c2cccs2)c2c1N(CC(=O)NCC(C)C)C(=O)CS[C@@H]2c1ccc(F)cc1. The summed E-state index contributed by atoms with van der Waals surface area (Å²) < 4.78 is 15.7. The van der Waals surface area contributed by atoms with E-state index in [9.17, 15) is 14.0 Å². The Bertz CT molecular complexity index is 1450. The number of para-hydroxylation sites is 1. The molecule has 4 aromatic rings. The molecule has 0 bridgehead atoms. The number of amides is 2. The number of halogens is 1. The van der Waals surface area contributed by atoms with Gasteiger partial charge in [-0.3, -0.25) is 14.5 Å². The van der Waals surface area contributed by atoms with Crippen molar-refractivity contribution in [3.63, 3.8) is 0 Å². The fourth-order valence-electron chi connectivity index (χ4n) is 4.50. The minimum absolute atomic E-state index is 0.114. The summed E-state index contributed by atoms with van der Waals surface area (Å²) in [5.74, 6) is 0.321. The lowest BCUT2D eigenvalue weighted by molar-refractivity contribution is -0.123. The first-order valence-electron chi connectivity index (χ1n) is 12.5. The molecule has 38 heavy (non-hydrogen) atoms. The predicted octanol–water partition coefficient (Wildman–Crippen LogP) is 5.99. The van der Waals surface area contributed by atoms with Crippen molar-refractivity contribution >= 4 is 40.7 Å². The smallest absolute Gasteiger partial charge is 0.240 e. The van der Waals surface area contributed by atoms with E-state index < -0.39 is 0 Å². The van der Waals surface area contributed by atoms with Gasteiger partial charge in [-0.2, -0.15) is 5.10 Å². The Morgan fingerprint density at radius 1 is 1.13 bits per heavy atom. The van der Waals surface area contributed by atoms with E-state index in [1.807, 2.05) is 62.5 Å². The fraction of sp³-hybridized carbons (Fsp3) is 0.276. The summed E-state index contributed by atoms with van der Waals surface area (Å²) >= 11 is 3.04. The van der Waals surface area contributed by atoms with E-state index in [-0.39, 0.29) is 41.1 Å². The largest absolute Gasteiger partial charge is 0.354 e. The Kier molecular flexibility index (Phi) is 7.67. The molecule has 0 saturated heterocycles. The standard InChI is InChI=1S/C29H29FN4O2S2/c1-18(2)15-31-24(35)16-33-25(36)17-38-28(20-10-12-21(30)13-11-20)26-27(23-9-6-14-37-23)32-34(29(26)33)22-8-5-4-7-19(22)3/h4-14,18,28H,15-17H2,1-3H3,(H,31,35)/t28-/m1/s1. The number of fused-ring (bicyclic) bond motifs is 1. The second-order valence-electron chi connectivity index (χ2n) is 9.68. The highest BCUT2D eigenvalue weighted by molar-refractivity contribution is 8.00. The average molecular weight is 549 g/mol. The van der Waals surface area contributed by atoms with E-state index in [4.69, 9.17) is 5.10 Å². The fourth-order valence-corrected chi connectivity index (χ4v) is 6.42. The number of benzene rings is 2. The Hall–Kier alpha value is -3.43. The summed E-state index contributed by atoms with van der Waals surface area (Å²) in [5.41, 5.74) is 4.29. The number of thioether (sulfide) groups is 1. The van der Waals surface area contributed by atoms with Crippen molar-refractivity contribution in [3.05, 3.63) is 88.6 Å². The van der Waals surface area contributed by atoms with Gasteiger partial charge >= 0.3 is 0 Å².